The van der Waals surface area contributed by atoms with E-state index in [1.807, 2.05) is 24.3 Å². The van der Waals surface area contributed by atoms with Crippen LogP contribution in [-0.2, 0) is 13.2 Å². The van der Waals surface area contributed by atoms with Crippen LogP contribution in [0.2, 0.25) is 0 Å². The van der Waals surface area contributed by atoms with Crippen LogP contribution in [0, 0.1) is 5.41 Å². The van der Waals surface area contributed by atoms with Crippen molar-refractivity contribution in [1.29, 1.82) is 0 Å². The summed E-state index contributed by atoms with van der Waals surface area (Å²) in [6, 6.07) is 16.6. The Labute approximate surface area is 162 Å². The van der Waals surface area contributed by atoms with Crippen molar-refractivity contribution in [3.63, 3.8) is 0 Å². The van der Waals surface area contributed by atoms with Crippen LogP contribution in [0.3, 0.4) is 0 Å². The molecule has 0 aliphatic carbocycles. The van der Waals surface area contributed by atoms with Gasteiger partial charge in [0.05, 0.1) is 7.11 Å². The molecular formula is C23H30N2O2. The standard InChI is InChI=1S/C23H30N2O2/c1-26-21-8-7-20(15-22(21)27-17-19-5-3-2-4-6-19)16-25-14-11-23(18-25)9-12-24-13-10-23/h2-8,15,24H,9-14,16-18H2,1H3. The molecule has 2 aliphatic rings. The molecule has 2 aliphatic heterocycles. The van der Waals surface area contributed by atoms with Crippen molar-refractivity contribution in [2.75, 3.05) is 33.3 Å². The summed E-state index contributed by atoms with van der Waals surface area (Å²) in [7, 11) is 1.70. The van der Waals surface area contributed by atoms with E-state index in [2.05, 4.69) is 34.5 Å². The summed E-state index contributed by atoms with van der Waals surface area (Å²) < 4.78 is 11.6. The van der Waals surface area contributed by atoms with Crippen LogP contribution in [-0.4, -0.2) is 38.2 Å². The maximum Gasteiger partial charge on any atom is 0.161 e. The molecule has 0 bridgehead atoms. The van der Waals surface area contributed by atoms with Gasteiger partial charge in [-0.15, -0.1) is 0 Å². The van der Waals surface area contributed by atoms with Gasteiger partial charge in [-0.05, 0) is 67.6 Å². The molecule has 0 radical (unpaired) electrons. The Morgan fingerprint density at radius 2 is 1.78 bits per heavy atom. The van der Waals surface area contributed by atoms with Gasteiger partial charge < -0.3 is 14.8 Å². The maximum atomic E-state index is 6.08. The summed E-state index contributed by atoms with van der Waals surface area (Å²) in [5, 5.41) is 3.50. The predicted molar refractivity (Wildman–Crippen MR) is 108 cm³/mol. The fourth-order valence-electron chi connectivity index (χ4n) is 4.45. The summed E-state index contributed by atoms with van der Waals surface area (Å²) >= 11 is 0. The highest BCUT2D eigenvalue weighted by molar-refractivity contribution is 5.43. The Morgan fingerprint density at radius 3 is 2.56 bits per heavy atom. The quantitative estimate of drug-likeness (QED) is 0.842. The van der Waals surface area contributed by atoms with Gasteiger partial charge in [0.15, 0.2) is 11.5 Å². The zero-order chi connectivity index (χ0) is 18.5. The molecule has 27 heavy (non-hydrogen) atoms. The molecule has 1 spiro atoms. The molecule has 0 atom stereocenters. The fraction of sp³-hybridized carbons (Fsp3) is 0.478. The lowest BCUT2D eigenvalue weighted by atomic mass is 9.78. The van der Waals surface area contributed by atoms with E-state index < -0.39 is 0 Å². The van der Waals surface area contributed by atoms with Crippen molar-refractivity contribution in [2.24, 2.45) is 5.41 Å². The van der Waals surface area contributed by atoms with Crippen LogP contribution in [0.15, 0.2) is 48.5 Å². The molecule has 0 aromatic heterocycles. The average Bonchev–Trinajstić information content (AvgIpc) is 3.09. The molecule has 2 aromatic carbocycles. The van der Waals surface area contributed by atoms with Gasteiger partial charge in [-0.25, -0.2) is 0 Å². The molecule has 4 rings (SSSR count). The second-order valence-electron chi connectivity index (χ2n) is 7.97. The smallest absolute Gasteiger partial charge is 0.161 e. The monoisotopic (exact) mass is 366 g/mol. The number of hydrogen-bond donors (Lipinski definition) is 1. The zero-order valence-electron chi connectivity index (χ0n) is 16.2. The van der Waals surface area contributed by atoms with Crippen molar-refractivity contribution in [3.05, 3.63) is 59.7 Å². The Morgan fingerprint density at radius 1 is 0.963 bits per heavy atom. The average molecular weight is 367 g/mol. The van der Waals surface area contributed by atoms with Crippen molar-refractivity contribution in [1.82, 2.24) is 10.2 Å². The predicted octanol–water partition coefficient (Wildman–Crippen LogP) is 3.85. The minimum absolute atomic E-state index is 0.546. The minimum Gasteiger partial charge on any atom is -0.493 e. The van der Waals surface area contributed by atoms with Gasteiger partial charge in [0.1, 0.15) is 6.61 Å². The summed E-state index contributed by atoms with van der Waals surface area (Å²) in [4.78, 5) is 2.61. The number of nitrogens with zero attached hydrogens (tertiary/aromatic N) is 1. The Balaban J connectivity index is 1.41. The van der Waals surface area contributed by atoms with Gasteiger partial charge in [0.25, 0.3) is 0 Å². The highest BCUT2D eigenvalue weighted by Crippen LogP contribution is 2.39. The van der Waals surface area contributed by atoms with E-state index in [9.17, 15) is 0 Å². The Kier molecular flexibility index (Phi) is 5.65. The van der Waals surface area contributed by atoms with Gasteiger partial charge in [-0.2, -0.15) is 0 Å². The molecule has 0 saturated carbocycles. The molecule has 2 heterocycles. The van der Waals surface area contributed by atoms with Crippen molar-refractivity contribution in [2.45, 2.75) is 32.4 Å². The summed E-state index contributed by atoms with van der Waals surface area (Å²) in [5.41, 5.74) is 3.01. The van der Waals surface area contributed by atoms with Crippen molar-refractivity contribution < 1.29 is 9.47 Å². The lowest BCUT2D eigenvalue weighted by Crippen LogP contribution is -2.38. The van der Waals surface area contributed by atoms with Gasteiger partial charge >= 0.3 is 0 Å². The molecule has 2 saturated heterocycles. The molecule has 1 N–H and O–H groups in total. The molecule has 0 unspecified atom stereocenters. The minimum atomic E-state index is 0.546. The summed E-state index contributed by atoms with van der Waals surface area (Å²) in [6.45, 7) is 6.32. The van der Waals surface area contributed by atoms with Crippen LogP contribution >= 0.6 is 0 Å². The van der Waals surface area contributed by atoms with Gasteiger partial charge in [-0.3, -0.25) is 4.90 Å². The largest absolute Gasteiger partial charge is 0.493 e. The molecule has 4 heteroatoms. The molecule has 144 valence electrons. The van der Waals surface area contributed by atoms with Crippen molar-refractivity contribution in [3.8, 4) is 11.5 Å². The molecule has 0 amide bonds. The first kappa shape index (κ1) is 18.3. The van der Waals surface area contributed by atoms with E-state index >= 15 is 0 Å². The number of rotatable bonds is 6. The first-order chi connectivity index (χ1) is 13.3. The Bertz CT molecular complexity index is 741. The van der Waals surface area contributed by atoms with Gasteiger partial charge in [0.2, 0.25) is 0 Å². The first-order valence-electron chi connectivity index (χ1n) is 10.0. The third kappa shape index (κ3) is 4.45. The fourth-order valence-corrected chi connectivity index (χ4v) is 4.45. The van der Waals surface area contributed by atoms with Crippen molar-refractivity contribution >= 4 is 0 Å². The van der Waals surface area contributed by atoms with Crippen LogP contribution in [0.4, 0.5) is 0 Å². The van der Waals surface area contributed by atoms with Crippen LogP contribution in [0.25, 0.3) is 0 Å². The second kappa shape index (κ2) is 8.32. The SMILES string of the molecule is COc1ccc(CN2CCC3(CCNCC3)C2)cc1OCc1ccccc1. The second-order valence-corrected chi connectivity index (χ2v) is 7.97. The Hall–Kier alpha value is -2.04. The summed E-state index contributed by atoms with van der Waals surface area (Å²) in [5.74, 6) is 1.63. The van der Waals surface area contributed by atoms with E-state index in [0.29, 0.717) is 12.0 Å². The van der Waals surface area contributed by atoms with Crippen LogP contribution < -0.4 is 14.8 Å². The topological polar surface area (TPSA) is 33.7 Å². The number of piperidine rings is 1. The number of benzene rings is 2. The van der Waals surface area contributed by atoms with E-state index in [1.54, 1.807) is 7.11 Å². The molecule has 4 nitrogen and oxygen atoms in total. The van der Waals surface area contributed by atoms with Gasteiger partial charge in [-0.1, -0.05) is 36.4 Å². The lowest BCUT2D eigenvalue weighted by Gasteiger charge is -2.34. The lowest BCUT2D eigenvalue weighted by molar-refractivity contribution is 0.194. The molecule has 2 aromatic rings. The number of nitrogens with one attached hydrogen (secondary N) is 1. The third-order valence-electron chi connectivity index (χ3n) is 6.05. The highest BCUT2D eigenvalue weighted by atomic mass is 16.5. The van der Waals surface area contributed by atoms with E-state index in [0.717, 1.165) is 23.6 Å². The molecule has 2 fully saturated rings. The van der Waals surface area contributed by atoms with E-state index in [4.69, 9.17) is 9.47 Å². The molecular weight excluding hydrogens is 336 g/mol. The van der Waals surface area contributed by atoms with E-state index in [-0.39, 0.29) is 0 Å². The van der Waals surface area contributed by atoms with Gasteiger partial charge in [0, 0.05) is 13.1 Å². The third-order valence-corrected chi connectivity index (χ3v) is 6.05. The zero-order valence-corrected chi connectivity index (χ0v) is 16.2. The number of hydrogen-bond acceptors (Lipinski definition) is 4. The number of methoxy groups -OCH3 is 1. The van der Waals surface area contributed by atoms with Crippen LogP contribution in [0.1, 0.15) is 30.4 Å². The number of ether oxygens (including phenoxy) is 2. The highest BCUT2D eigenvalue weighted by Gasteiger charge is 2.38. The summed E-state index contributed by atoms with van der Waals surface area (Å²) in [6.07, 6.45) is 3.97. The first-order valence-corrected chi connectivity index (χ1v) is 10.0. The van der Waals surface area contributed by atoms with Crippen LogP contribution in [0.5, 0.6) is 11.5 Å². The van der Waals surface area contributed by atoms with E-state index in [1.165, 1.54) is 51.0 Å². The maximum absolute atomic E-state index is 6.08. The normalized spacial score (nSPS) is 19.3. The number of likely N-dealkylation sites (tertiary alicyclic amines) is 1.